The van der Waals surface area contributed by atoms with E-state index in [9.17, 15) is 4.79 Å². The average molecular weight is 478 g/mol. The highest BCUT2D eigenvalue weighted by Gasteiger charge is 2.22. The van der Waals surface area contributed by atoms with Gasteiger partial charge < -0.3 is 19.5 Å². The Morgan fingerprint density at radius 1 is 1.00 bits per heavy atom. The van der Waals surface area contributed by atoms with Crippen LogP contribution in [0.3, 0.4) is 0 Å². The Morgan fingerprint density at radius 3 is 2.35 bits per heavy atom. The Morgan fingerprint density at radius 2 is 1.74 bits per heavy atom. The molecule has 0 aliphatic carbocycles. The van der Waals surface area contributed by atoms with Gasteiger partial charge in [0.2, 0.25) is 5.91 Å². The Hall–Kier alpha value is -1.59. The fraction of sp³-hybridized carbons (Fsp3) is 0.759. The second kappa shape index (κ2) is 17.8. The minimum Gasteiger partial charge on any atom is -0.496 e. The van der Waals surface area contributed by atoms with Crippen LogP contribution in [0.5, 0.6) is 5.75 Å². The van der Waals surface area contributed by atoms with E-state index < -0.39 is 0 Å². The first-order valence-electron chi connectivity index (χ1n) is 13.3. The average Bonchev–Trinajstić information content (AvgIpc) is 2.80. The van der Waals surface area contributed by atoms with Crippen LogP contribution < -0.4 is 10.1 Å². The molecule has 0 unspecified atom stereocenters. The fourth-order valence-electron chi connectivity index (χ4n) is 4.51. The third-order valence-corrected chi connectivity index (χ3v) is 6.81. The van der Waals surface area contributed by atoms with Gasteiger partial charge in [-0.1, -0.05) is 66.0 Å². The van der Waals surface area contributed by atoms with Gasteiger partial charge in [0.25, 0.3) is 0 Å². The zero-order chi connectivity index (χ0) is 25.3. The number of rotatable bonds is 19. The predicted octanol–water partition coefficient (Wildman–Crippen LogP) is 6.42. The molecule has 5 heteroatoms. The molecule has 5 nitrogen and oxygen atoms in total. The van der Waals surface area contributed by atoms with Crippen LogP contribution in [0.25, 0.3) is 0 Å². The fourth-order valence-corrected chi connectivity index (χ4v) is 4.51. The first-order chi connectivity index (χ1) is 16.3. The summed E-state index contributed by atoms with van der Waals surface area (Å²) in [5.74, 6) is 2.91. The molecule has 196 valence electrons. The van der Waals surface area contributed by atoms with Gasteiger partial charge in [-0.15, -0.1) is 0 Å². The molecule has 0 aliphatic heterocycles. The van der Waals surface area contributed by atoms with Gasteiger partial charge in [-0.2, -0.15) is 0 Å². The topological polar surface area (TPSA) is 56.8 Å². The van der Waals surface area contributed by atoms with Gasteiger partial charge in [0, 0.05) is 19.6 Å². The molecule has 1 N–H and O–H groups in total. The van der Waals surface area contributed by atoms with Gasteiger partial charge in [-0.25, -0.2) is 0 Å². The highest BCUT2D eigenvalue weighted by Crippen LogP contribution is 2.28. The molecule has 0 bridgehead atoms. The van der Waals surface area contributed by atoms with E-state index in [2.05, 4.69) is 58.1 Å². The Labute approximate surface area is 209 Å². The maximum absolute atomic E-state index is 12.6. The van der Waals surface area contributed by atoms with Gasteiger partial charge in [0.1, 0.15) is 12.5 Å². The lowest BCUT2D eigenvalue weighted by Gasteiger charge is -2.23. The second-order valence-corrected chi connectivity index (χ2v) is 10.2. The number of nitrogens with one attached hydrogen (secondary N) is 1. The summed E-state index contributed by atoms with van der Waals surface area (Å²) in [6.45, 7) is 12.9. The van der Waals surface area contributed by atoms with Gasteiger partial charge in [0.05, 0.1) is 13.7 Å². The molecule has 1 rings (SSSR count). The number of hydrogen-bond donors (Lipinski definition) is 1. The summed E-state index contributed by atoms with van der Waals surface area (Å²) < 4.78 is 16.0. The van der Waals surface area contributed by atoms with Gasteiger partial charge >= 0.3 is 0 Å². The number of methoxy groups -OCH3 is 2. The lowest BCUT2D eigenvalue weighted by molar-refractivity contribution is -0.126. The van der Waals surface area contributed by atoms with E-state index in [0.717, 1.165) is 50.8 Å². The standard InChI is InChI=1S/C29H51NO4/c1-8-9-17-30-29(31)27(23(4)5)13-11-10-12-25(22(2)3)19-24-14-15-28(33-7)26(20-24)16-18-34-21-32-6/h14-15,20,22-23,25,27H,8-13,16-19,21H2,1-7H3,(H,30,31)/t25-,27-/m0/s1. The quantitative estimate of drug-likeness (QED) is 0.184. The van der Waals surface area contributed by atoms with Crippen molar-refractivity contribution in [2.45, 2.75) is 86.0 Å². The number of ether oxygens (including phenoxy) is 3. The summed E-state index contributed by atoms with van der Waals surface area (Å²) in [5.41, 5.74) is 2.55. The van der Waals surface area contributed by atoms with E-state index in [0.29, 0.717) is 31.2 Å². The summed E-state index contributed by atoms with van der Waals surface area (Å²) in [7, 11) is 3.36. The maximum atomic E-state index is 12.6. The van der Waals surface area contributed by atoms with Crippen molar-refractivity contribution >= 4 is 5.91 Å². The first kappa shape index (κ1) is 30.4. The van der Waals surface area contributed by atoms with Crippen LogP contribution in [0.15, 0.2) is 18.2 Å². The molecule has 0 aliphatic rings. The Bertz CT molecular complexity index is 674. The molecule has 34 heavy (non-hydrogen) atoms. The van der Waals surface area contributed by atoms with E-state index in [1.165, 1.54) is 24.0 Å². The highest BCUT2D eigenvalue weighted by atomic mass is 16.7. The molecule has 0 spiro atoms. The molecule has 1 aromatic rings. The third-order valence-electron chi connectivity index (χ3n) is 6.81. The molecule has 0 radical (unpaired) electrons. The predicted molar refractivity (Wildman–Crippen MR) is 141 cm³/mol. The molecule has 2 atom stereocenters. The molecule has 0 fully saturated rings. The van der Waals surface area contributed by atoms with Gasteiger partial charge in [-0.05, 0) is 67.1 Å². The zero-order valence-electron chi connectivity index (χ0n) is 23.0. The number of amides is 1. The third kappa shape index (κ3) is 11.7. The Balaban J connectivity index is 2.63. The first-order valence-corrected chi connectivity index (χ1v) is 13.3. The van der Waals surface area contributed by atoms with Crippen molar-refractivity contribution < 1.29 is 19.0 Å². The van der Waals surface area contributed by atoms with Crippen molar-refractivity contribution in [3.8, 4) is 5.75 Å². The Kier molecular flexibility index (Phi) is 15.9. The van der Waals surface area contributed by atoms with Crippen molar-refractivity contribution in [1.29, 1.82) is 0 Å². The van der Waals surface area contributed by atoms with Gasteiger partial charge in [0.15, 0.2) is 0 Å². The second-order valence-electron chi connectivity index (χ2n) is 10.2. The molecular formula is C29H51NO4. The lowest BCUT2D eigenvalue weighted by Crippen LogP contribution is -2.34. The van der Waals surface area contributed by atoms with Gasteiger partial charge in [-0.3, -0.25) is 4.79 Å². The van der Waals surface area contributed by atoms with Crippen molar-refractivity contribution in [1.82, 2.24) is 5.32 Å². The van der Waals surface area contributed by atoms with E-state index in [1.54, 1.807) is 14.2 Å². The number of carbonyl (C=O) groups excluding carboxylic acids is 1. The van der Waals surface area contributed by atoms with Crippen molar-refractivity contribution in [3.05, 3.63) is 29.3 Å². The summed E-state index contributed by atoms with van der Waals surface area (Å²) in [6, 6.07) is 6.56. The van der Waals surface area contributed by atoms with E-state index in [4.69, 9.17) is 14.2 Å². The van der Waals surface area contributed by atoms with Crippen LogP contribution in [0.1, 0.15) is 84.3 Å². The number of carbonyl (C=O) groups is 1. The molecule has 0 saturated heterocycles. The molecule has 0 saturated carbocycles. The largest absolute Gasteiger partial charge is 0.496 e. The molecule has 0 heterocycles. The molecule has 1 amide bonds. The SMILES string of the molecule is CCCCNC(=O)[C@@H](CCCC[C@@H](Cc1ccc(OC)c(CCOCOC)c1)C(C)C)C(C)C. The highest BCUT2D eigenvalue weighted by molar-refractivity contribution is 5.78. The molecular weight excluding hydrogens is 426 g/mol. The van der Waals surface area contributed by atoms with Crippen molar-refractivity contribution in [2.24, 2.45) is 23.7 Å². The smallest absolute Gasteiger partial charge is 0.223 e. The molecule has 0 aromatic heterocycles. The minimum atomic E-state index is 0.124. The monoisotopic (exact) mass is 477 g/mol. The summed E-state index contributed by atoms with van der Waals surface area (Å²) in [6.07, 6.45) is 8.50. The van der Waals surface area contributed by atoms with E-state index >= 15 is 0 Å². The lowest BCUT2D eigenvalue weighted by atomic mass is 9.83. The maximum Gasteiger partial charge on any atom is 0.223 e. The number of hydrogen-bond acceptors (Lipinski definition) is 4. The summed E-state index contributed by atoms with van der Waals surface area (Å²) in [4.78, 5) is 12.6. The normalized spacial score (nSPS) is 13.3. The number of benzene rings is 1. The van der Waals surface area contributed by atoms with Crippen LogP contribution in [0.2, 0.25) is 0 Å². The summed E-state index contributed by atoms with van der Waals surface area (Å²) >= 11 is 0. The van der Waals surface area contributed by atoms with Crippen molar-refractivity contribution in [2.75, 3.05) is 34.2 Å². The van der Waals surface area contributed by atoms with Crippen LogP contribution in [0.4, 0.5) is 0 Å². The minimum absolute atomic E-state index is 0.124. The van der Waals surface area contributed by atoms with E-state index in [1.807, 2.05) is 0 Å². The van der Waals surface area contributed by atoms with Crippen LogP contribution in [0, 0.1) is 23.7 Å². The zero-order valence-corrected chi connectivity index (χ0v) is 23.0. The number of unbranched alkanes of at least 4 members (excludes halogenated alkanes) is 2. The van der Waals surface area contributed by atoms with Crippen LogP contribution in [-0.2, 0) is 27.1 Å². The van der Waals surface area contributed by atoms with Crippen molar-refractivity contribution in [3.63, 3.8) is 0 Å². The van der Waals surface area contributed by atoms with Crippen LogP contribution in [-0.4, -0.2) is 40.1 Å². The van der Waals surface area contributed by atoms with Crippen LogP contribution >= 0.6 is 0 Å². The van der Waals surface area contributed by atoms with E-state index in [-0.39, 0.29) is 11.8 Å². The summed E-state index contributed by atoms with van der Waals surface area (Å²) in [5, 5.41) is 3.14. The molecule has 1 aromatic carbocycles.